The Bertz CT molecular complexity index is 1070. The standard InChI is InChI=1S/C22H21N5O/c1-2-15-10-12-16(13-11-15)14-19(21-24-26-27-25-21)22(28)23-20-9-5-7-17-6-3-4-8-18(17)20/h3-13,19H,2,14H2,1H3,(H2,23,24,25,26,27,28)/p-1/t19-/m0/s1. The number of nitrogens with zero attached hydrogens (tertiary/aromatic N) is 4. The maximum absolute atomic E-state index is 13.1. The van der Waals surface area contributed by atoms with Gasteiger partial charge in [-0.25, -0.2) is 0 Å². The Labute approximate surface area is 163 Å². The molecule has 4 rings (SSSR count). The van der Waals surface area contributed by atoms with Gasteiger partial charge in [0.1, 0.15) is 0 Å². The van der Waals surface area contributed by atoms with E-state index in [1.54, 1.807) is 0 Å². The van der Waals surface area contributed by atoms with E-state index in [0.717, 1.165) is 28.4 Å². The van der Waals surface area contributed by atoms with E-state index in [1.807, 2.05) is 54.6 Å². The van der Waals surface area contributed by atoms with Crippen LogP contribution >= 0.6 is 0 Å². The molecule has 4 aromatic rings. The Morgan fingerprint density at radius 3 is 2.50 bits per heavy atom. The predicted molar refractivity (Wildman–Crippen MR) is 108 cm³/mol. The molecule has 0 saturated heterocycles. The average molecular weight is 370 g/mol. The summed E-state index contributed by atoms with van der Waals surface area (Å²) in [7, 11) is 0. The van der Waals surface area contributed by atoms with Crippen molar-refractivity contribution in [3.63, 3.8) is 0 Å². The second-order valence-electron chi connectivity index (χ2n) is 6.68. The van der Waals surface area contributed by atoms with Crippen LogP contribution in [0.15, 0.2) is 66.7 Å². The van der Waals surface area contributed by atoms with Gasteiger partial charge in [0.2, 0.25) is 5.91 Å². The minimum atomic E-state index is -0.568. The summed E-state index contributed by atoms with van der Waals surface area (Å²) in [6, 6.07) is 22.0. The number of carbonyl (C=O) groups excluding carboxylic acids is 1. The van der Waals surface area contributed by atoms with Crippen molar-refractivity contribution in [2.24, 2.45) is 0 Å². The van der Waals surface area contributed by atoms with E-state index in [9.17, 15) is 4.79 Å². The van der Waals surface area contributed by atoms with E-state index in [2.05, 4.69) is 45.0 Å². The molecule has 0 saturated carbocycles. The smallest absolute Gasteiger partial charge is 0.232 e. The molecule has 1 heterocycles. The van der Waals surface area contributed by atoms with Gasteiger partial charge >= 0.3 is 0 Å². The first kappa shape index (κ1) is 17.9. The highest BCUT2D eigenvalue weighted by Crippen LogP contribution is 2.25. The van der Waals surface area contributed by atoms with Gasteiger partial charge in [-0.3, -0.25) is 15.1 Å². The molecule has 1 N–H and O–H groups in total. The van der Waals surface area contributed by atoms with E-state index in [1.165, 1.54) is 5.56 Å². The first-order chi connectivity index (χ1) is 13.7. The molecule has 0 aliphatic rings. The van der Waals surface area contributed by atoms with Crippen molar-refractivity contribution < 1.29 is 4.79 Å². The Morgan fingerprint density at radius 2 is 1.75 bits per heavy atom. The molecule has 1 aromatic heterocycles. The van der Waals surface area contributed by atoms with Gasteiger partial charge in [-0.1, -0.05) is 67.6 Å². The summed E-state index contributed by atoms with van der Waals surface area (Å²) in [5.41, 5.74) is 3.07. The SMILES string of the molecule is CCc1ccc(C[C@H](C(=O)Nc2cccc3ccccc23)c2nnn[n-]2)cc1. The van der Waals surface area contributed by atoms with Gasteiger partial charge in [-0.05, 0) is 35.4 Å². The van der Waals surface area contributed by atoms with Crippen molar-refractivity contribution in [2.75, 3.05) is 5.32 Å². The molecule has 0 fully saturated rings. The van der Waals surface area contributed by atoms with Crippen LogP contribution in [0.3, 0.4) is 0 Å². The first-order valence-electron chi connectivity index (χ1n) is 9.29. The van der Waals surface area contributed by atoms with Crippen LogP contribution in [0, 0.1) is 0 Å². The number of carbonyl (C=O) groups is 1. The van der Waals surface area contributed by atoms with Gasteiger partial charge < -0.3 is 10.4 Å². The second-order valence-corrected chi connectivity index (χ2v) is 6.68. The lowest BCUT2D eigenvalue weighted by atomic mass is 9.96. The third-order valence-electron chi connectivity index (χ3n) is 4.88. The Hall–Kier alpha value is -3.54. The van der Waals surface area contributed by atoms with Crippen LogP contribution in [0.1, 0.15) is 29.8 Å². The fourth-order valence-electron chi connectivity index (χ4n) is 3.29. The van der Waals surface area contributed by atoms with E-state index in [4.69, 9.17) is 0 Å². The summed E-state index contributed by atoms with van der Waals surface area (Å²) in [5.74, 6) is -0.413. The molecule has 28 heavy (non-hydrogen) atoms. The highest BCUT2D eigenvalue weighted by atomic mass is 16.1. The van der Waals surface area contributed by atoms with Crippen molar-refractivity contribution >= 4 is 22.4 Å². The molecule has 6 heteroatoms. The zero-order valence-electron chi connectivity index (χ0n) is 15.5. The number of hydrogen-bond donors (Lipinski definition) is 1. The number of benzene rings is 3. The van der Waals surface area contributed by atoms with Crippen LogP contribution in [0.4, 0.5) is 5.69 Å². The van der Waals surface area contributed by atoms with Gasteiger partial charge in [-0.15, -0.1) is 0 Å². The fourth-order valence-corrected chi connectivity index (χ4v) is 3.29. The lowest BCUT2D eigenvalue weighted by Gasteiger charge is -2.18. The molecule has 0 spiro atoms. The summed E-state index contributed by atoms with van der Waals surface area (Å²) in [4.78, 5) is 13.1. The number of tetrazole rings is 1. The number of aromatic nitrogens is 4. The monoisotopic (exact) mass is 370 g/mol. The van der Waals surface area contributed by atoms with Crippen LogP contribution < -0.4 is 10.4 Å². The molecule has 1 amide bonds. The number of fused-ring (bicyclic) bond motifs is 1. The van der Waals surface area contributed by atoms with Gasteiger partial charge in [-0.2, -0.15) is 5.21 Å². The van der Waals surface area contributed by atoms with Crippen LogP contribution in [0.25, 0.3) is 10.8 Å². The minimum absolute atomic E-state index is 0.175. The number of aryl methyl sites for hydroxylation is 1. The molecule has 0 aliphatic carbocycles. The fraction of sp³-hybridized carbons (Fsp3) is 0.182. The Morgan fingerprint density at radius 1 is 1.00 bits per heavy atom. The lowest BCUT2D eigenvalue weighted by Crippen LogP contribution is -2.24. The van der Waals surface area contributed by atoms with Gasteiger partial charge in [0.05, 0.1) is 5.92 Å². The Kier molecular flexibility index (Phi) is 5.10. The summed E-state index contributed by atoms with van der Waals surface area (Å²) in [6.07, 6.45) is 1.46. The highest BCUT2D eigenvalue weighted by Gasteiger charge is 2.21. The molecule has 0 radical (unpaired) electrons. The molecule has 0 aliphatic heterocycles. The highest BCUT2D eigenvalue weighted by molar-refractivity contribution is 6.04. The van der Waals surface area contributed by atoms with Gasteiger partial charge in [0.25, 0.3) is 0 Å². The van der Waals surface area contributed by atoms with Crippen LogP contribution in [-0.2, 0) is 17.6 Å². The van der Waals surface area contributed by atoms with Crippen LogP contribution in [0.5, 0.6) is 0 Å². The van der Waals surface area contributed by atoms with E-state index < -0.39 is 5.92 Å². The maximum Gasteiger partial charge on any atom is 0.232 e. The van der Waals surface area contributed by atoms with Crippen molar-refractivity contribution in [3.8, 4) is 0 Å². The van der Waals surface area contributed by atoms with Gasteiger partial charge in [0.15, 0.2) is 0 Å². The quantitative estimate of drug-likeness (QED) is 0.562. The van der Waals surface area contributed by atoms with Crippen molar-refractivity contribution in [1.29, 1.82) is 0 Å². The largest absolute Gasteiger partial charge is 0.335 e. The number of amides is 1. The summed E-state index contributed by atoms with van der Waals surface area (Å²) in [5, 5.41) is 20.1. The van der Waals surface area contributed by atoms with Crippen LogP contribution in [0.2, 0.25) is 0 Å². The first-order valence-corrected chi connectivity index (χ1v) is 9.29. The molecular formula is C22H20N5O-. The minimum Gasteiger partial charge on any atom is -0.335 e. The number of rotatable bonds is 6. The molecule has 1 atom stereocenters. The summed E-state index contributed by atoms with van der Waals surface area (Å²) in [6.45, 7) is 2.12. The lowest BCUT2D eigenvalue weighted by molar-refractivity contribution is -0.117. The third-order valence-corrected chi connectivity index (χ3v) is 4.88. The van der Waals surface area contributed by atoms with Gasteiger partial charge in [0, 0.05) is 16.9 Å². The normalized spacial score (nSPS) is 12.0. The maximum atomic E-state index is 13.1. The summed E-state index contributed by atoms with van der Waals surface area (Å²) >= 11 is 0. The van der Waals surface area contributed by atoms with E-state index in [0.29, 0.717) is 12.2 Å². The van der Waals surface area contributed by atoms with Crippen molar-refractivity contribution in [1.82, 2.24) is 20.6 Å². The predicted octanol–water partition coefficient (Wildman–Crippen LogP) is 3.51. The van der Waals surface area contributed by atoms with E-state index in [-0.39, 0.29) is 5.91 Å². The molecular weight excluding hydrogens is 350 g/mol. The molecule has 6 nitrogen and oxygen atoms in total. The molecule has 140 valence electrons. The number of hydrogen-bond acceptors (Lipinski definition) is 4. The van der Waals surface area contributed by atoms with E-state index >= 15 is 0 Å². The molecule has 0 unspecified atom stereocenters. The zero-order valence-corrected chi connectivity index (χ0v) is 15.5. The van der Waals surface area contributed by atoms with Crippen molar-refractivity contribution in [3.05, 3.63) is 83.7 Å². The number of nitrogens with one attached hydrogen (secondary N) is 1. The average Bonchev–Trinajstić information content (AvgIpc) is 3.27. The third kappa shape index (κ3) is 3.76. The molecule has 0 bridgehead atoms. The zero-order chi connectivity index (χ0) is 19.3. The Balaban J connectivity index is 1.61. The molecule has 3 aromatic carbocycles. The van der Waals surface area contributed by atoms with Crippen molar-refractivity contribution in [2.45, 2.75) is 25.7 Å². The summed E-state index contributed by atoms with van der Waals surface area (Å²) < 4.78 is 0. The van der Waals surface area contributed by atoms with Crippen LogP contribution in [-0.4, -0.2) is 21.4 Å². The number of anilines is 1. The second kappa shape index (κ2) is 8.00. The topological polar surface area (TPSA) is 81.9 Å².